The van der Waals surface area contributed by atoms with Crippen LogP contribution in [0.3, 0.4) is 0 Å². The van der Waals surface area contributed by atoms with Crippen molar-refractivity contribution in [3.63, 3.8) is 0 Å². The molecular weight excluding hydrogens is 261 g/mol. The monoisotopic (exact) mass is 276 g/mol. The lowest BCUT2D eigenvalue weighted by Crippen LogP contribution is -2.40. The first-order chi connectivity index (χ1) is 8.77. The van der Waals surface area contributed by atoms with E-state index in [2.05, 4.69) is 5.32 Å². The summed E-state index contributed by atoms with van der Waals surface area (Å²) < 4.78 is 38.2. The second kappa shape index (κ2) is 5.92. The van der Waals surface area contributed by atoms with Crippen LogP contribution in [0, 0.1) is 0 Å². The van der Waals surface area contributed by atoms with Gasteiger partial charge in [-0.05, 0) is 19.1 Å². The highest BCUT2D eigenvalue weighted by atomic mass is 19.4. The van der Waals surface area contributed by atoms with Gasteiger partial charge >= 0.3 is 12.2 Å². The number of rotatable bonds is 3. The van der Waals surface area contributed by atoms with E-state index in [0.717, 1.165) is 11.0 Å². The molecule has 0 aliphatic carbocycles. The number of likely N-dealkylation sites (N-methyl/N-ethyl adjacent to an activating group) is 1. The van der Waals surface area contributed by atoms with Gasteiger partial charge in [0, 0.05) is 7.05 Å². The number of urea groups is 1. The van der Waals surface area contributed by atoms with Gasteiger partial charge < -0.3 is 15.3 Å². The largest absolute Gasteiger partial charge is 0.418 e. The highest BCUT2D eigenvalue weighted by molar-refractivity contribution is 5.90. The molecule has 106 valence electrons. The maximum atomic E-state index is 12.7. The van der Waals surface area contributed by atoms with Crippen LogP contribution in [-0.2, 0) is 6.18 Å². The van der Waals surface area contributed by atoms with E-state index in [0.29, 0.717) is 0 Å². The molecule has 0 spiro atoms. The van der Waals surface area contributed by atoms with Crippen LogP contribution in [0.2, 0.25) is 0 Å². The van der Waals surface area contributed by atoms with Gasteiger partial charge in [0.05, 0.1) is 23.9 Å². The van der Waals surface area contributed by atoms with Crippen LogP contribution >= 0.6 is 0 Å². The van der Waals surface area contributed by atoms with Gasteiger partial charge in [0.1, 0.15) is 0 Å². The summed E-state index contributed by atoms with van der Waals surface area (Å²) in [5.41, 5.74) is -1.22. The topological polar surface area (TPSA) is 52.6 Å². The Morgan fingerprint density at radius 3 is 2.53 bits per heavy atom. The van der Waals surface area contributed by atoms with Crippen molar-refractivity contribution in [2.75, 3.05) is 19.0 Å². The second-order valence-corrected chi connectivity index (χ2v) is 4.12. The fourth-order valence-electron chi connectivity index (χ4n) is 1.37. The molecule has 0 aliphatic heterocycles. The van der Waals surface area contributed by atoms with E-state index in [1.807, 2.05) is 0 Å². The zero-order valence-corrected chi connectivity index (χ0v) is 10.5. The van der Waals surface area contributed by atoms with Gasteiger partial charge in [-0.3, -0.25) is 0 Å². The summed E-state index contributed by atoms with van der Waals surface area (Å²) in [4.78, 5) is 12.9. The van der Waals surface area contributed by atoms with Crippen molar-refractivity contribution in [1.29, 1.82) is 0 Å². The van der Waals surface area contributed by atoms with E-state index < -0.39 is 23.8 Å². The Morgan fingerprint density at radius 2 is 2.00 bits per heavy atom. The van der Waals surface area contributed by atoms with E-state index in [9.17, 15) is 18.0 Å². The Bertz CT molecular complexity index is 449. The molecule has 0 aliphatic rings. The number of anilines is 1. The van der Waals surface area contributed by atoms with Crippen molar-refractivity contribution < 1.29 is 23.1 Å². The smallest absolute Gasteiger partial charge is 0.394 e. The van der Waals surface area contributed by atoms with Crippen molar-refractivity contribution in [2.45, 2.75) is 19.1 Å². The summed E-state index contributed by atoms with van der Waals surface area (Å²) in [6, 6.07) is 3.53. The lowest BCUT2D eigenvalue weighted by molar-refractivity contribution is -0.136. The van der Waals surface area contributed by atoms with E-state index in [4.69, 9.17) is 5.11 Å². The minimum atomic E-state index is -4.54. The molecule has 1 aromatic rings. The lowest BCUT2D eigenvalue weighted by atomic mass is 10.1. The fourth-order valence-corrected chi connectivity index (χ4v) is 1.37. The molecule has 7 heteroatoms. The molecule has 0 radical (unpaired) electrons. The Kier molecular flexibility index (Phi) is 4.77. The number of amides is 2. The van der Waals surface area contributed by atoms with Crippen molar-refractivity contribution in [3.05, 3.63) is 29.8 Å². The van der Waals surface area contributed by atoms with E-state index >= 15 is 0 Å². The molecule has 2 N–H and O–H groups in total. The number of aliphatic hydroxyl groups excluding tert-OH is 1. The standard InChI is InChI=1S/C12H15F3N2O2/c1-8(7-18)17(2)11(19)16-10-6-4-3-5-9(10)12(13,14)15/h3-6,8,18H,7H2,1-2H3,(H,16,19). The predicted molar refractivity (Wildman–Crippen MR) is 64.8 cm³/mol. The van der Waals surface area contributed by atoms with Crippen LogP contribution in [-0.4, -0.2) is 35.7 Å². The number of nitrogens with one attached hydrogen (secondary N) is 1. The zero-order chi connectivity index (χ0) is 14.6. The number of carbonyl (C=O) groups excluding carboxylic acids is 1. The highest BCUT2D eigenvalue weighted by Crippen LogP contribution is 2.34. The molecule has 0 saturated heterocycles. The van der Waals surface area contributed by atoms with Gasteiger partial charge in [-0.2, -0.15) is 13.2 Å². The summed E-state index contributed by atoms with van der Waals surface area (Å²) in [6.07, 6.45) is -4.54. The molecule has 0 bridgehead atoms. The third kappa shape index (κ3) is 3.85. The van der Waals surface area contributed by atoms with E-state index in [-0.39, 0.29) is 12.3 Å². The van der Waals surface area contributed by atoms with Crippen molar-refractivity contribution in [3.8, 4) is 0 Å². The van der Waals surface area contributed by atoms with Gasteiger partial charge in [0.15, 0.2) is 0 Å². The van der Waals surface area contributed by atoms with Gasteiger partial charge in [0.2, 0.25) is 0 Å². The van der Waals surface area contributed by atoms with Crippen molar-refractivity contribution in [2.24, 2.45) is 0 Å². The van der Waals surface area contributed by atoms with Gasteiger partial charge in [-0.1, -0.05) is 12.1 Å². The number of para-hydroxylation sites is 1. The third-order valence-electron chi connectivity index (χ3n) is 2.72. The van der Waals surface area contributed by atoms with Gasteiger partial charge in [-0.15, -0.1) is 0 Å². The molecule has 1 unspecified atom stereocenters. The maximum Gasteiger partial charge on any atom is 0.418 e. The first-order valence-corrected chi connectivity index (χ1v) is 5.58. The lowest BCUT2D eigenvalue weighted by Gasteiger charge is -2.24. The van der Waals surface area contributed by atoms with Crippen LogP contribution < -0.4 is 5.32 Å². The van der Waals surface area contributed by atoms with Crippen LogP contribution in [0.25, 0.3) is 0 Å². The molecule has 0 fully saturated rings. The number of halogens is 3. The molecule has 4 nitrogen and oxygen atoms in total. The Labute approximate surface area is 108 Å². The predicted octanol–water partition coefficient (Wildman–Crippen LogP) is 2.55. The van der Waals surface area contributed by atoms with Crippen molar-refractivity contribution in [1.82, 2.24) is 4.90 Å². The molecule has 0 aromatic heterocycles. The quantitative estimate of drug-likeness (QED) is 0.891. The number of hydrogen-bond donors (Lipinski definition) is 2. The average Bonchev–Trinajstić information content (AvgIpc) is 2.36. The number of carbonyl (C=O) groups is 1. The van der Waals surface area contributed by atoms with Crippen LogP contribution in [0.15, 0.2) is 24.3 Å². The summed E-state index contributed by atoms with van der Waals surface area (Å²) in [7, 11) is 1.40. The zero-order valence-electron chi connectivity index (χ0n) is 10.5. The molecule has 0 saturated carbocycles. The second-order valence-electron chi connectivity index (χ2n) is 4.12. The first kappa shape index (κ1) is 15.3. The van der Waals surface area contributed by atoms with Crippen LogP contribution in [0.1, 0.15) is 12.5 Å². The minimum absolute atomic E-state index is 0.273. The number of hydrogen-bond acceptors (Lipinski definition) is 2. The summed E-state index contributed by atoms with van der Waals surface area (Å²) in [6.45, 7) is 1.31. The summed E-state index contributed by atoms with van der Waals surface area (Å²) >= 11 is 0. The molecule has 19 heavy (non-hydrogen) atoms. The molecule has 2 amide bonds. The van der Waals surface area contributed by atoms with E-state index in [1.54, 1.807) is 6.92 Å². The van der Waals surface area contributed by atoms with Gasteiger partial charge in [0.25, 0.3) is 0 Å². The Morgan fingerprint density at radius 1 is 1.42 bits per heavy atom. The Hall–Kier alpha value is -1.76. The minimum Gasteiger partial charge on any atom is -0.394 e. The average molecular weight is 276 g/mol. The maximum absolute atomic E-state index is 12.7. The molecule has 1 atom stereocenters. The number of aliphatic hydroxyl groups is 1. The first-order valence-electron chi connectivity index (χ1n) is 5.58. The molecule has 0 heterocycles. The number of nitrogens with zero attached hydrogens (tertiary/aromatic N) is 1. The molecule has 1 aromatic carbocycles. The summed E-state index contributed by atoms with van der Waals surface area (Å²) in [5.74, 6) is 0. The number of alkyl halides is 3. The SMILES string of the molecule is CC(CO)N(C)C(=O)Nc1ccccc1C(F)(F)F. The van der Waals surface area contributed by atoms with E-state index in [1.165, 1.54) is 25.2 Å². The molecular formula is C12H15F3N2O2. The van der Waals surface area contributed by atoms with Gasteiger partial charge in [-0.25, -0.2) is 4.79 Å². The third-order valence-corrected chi connectivity index (χ3v) is 2.72. The number of benzene rings is 1. The molecule has 1 rings (SSSR count). The van der Waals surface area contributed by atoms with Crippen LogP contribution in [0.4, 0.5) is 23.7 Å². The fraction of sp³-hybridized carbons (Fsp3) is 0.417. The van der Waals surface area contributed by atoms with Crippen LogP contribution in [0.5, 0.6) is 0 Å². The summed E-state index contributed by atoms with van der Waals surface area (Å²) in [5, 5.41) is 11.1. The Balaban J connectivity index is 2.92. The highest BCUT2D eigenvalue weighted by Gasteiger charge is 2.33. The van der Waals surface area contributed by atoms with Crippen molar-refractivity contribution >= 4 is 11.7 Å². The normalized spacial score (nSPS) is 12.9.